The van der Waals surface area contributed by atoms with Crippen molar-refractivity contribution in [2.45, 2.75) is 51.7 Å². The summed E-state index contributed by atoms with van der Waals surface area (Å²) < 4.78 is 11.2. The van der Waals surface area contributed by atoms with Gasteiger partial charge in [-0.05, 0) is 49.9 Å². The highest BCUT2D eigenvalue weighted by atomic mass is 16.5. The van der Waals surface area contributed by atoms with E-state index in [0.29, 0.717) is 24.5 Å². The zero-order valence-corrected chi connectivity index (χ0v) is 14.8. The second kappa shape index (κ2) is 7.44. The van der Waals surface area contributed by atoms with Crippen LogP contribution >= 0.6 is 0 Å². The summed E-state index contributed by atoms with van der Waals surface area (Å²) in [6.45, 7) is 4.50. The molecule has 1 saturated carbocycles. The Bertz CT molecular complexity index is 647. The van der Waals surface area contributed by atoms with Crippen molar-refractivity contribution >= 4 is 11.9 Å². The average molecular weight is 347 g/mol. The van der Waals surface area contributed by atoms with E-state index in [9.17, 15) is 9.59 Å². The molecule has 1 aromatic rings. The number of rotatable bonds is 4. The van der Waals surface area contributed by atoms with Gasteiger partial charge in [-0.15, -0.1) is 0 Å². The number of amides is 1. The summed E-state index contributed by atoms with van der Waals surface area (Å²) in [4.78, 5) is 25.7. The Hall–Kier alpha value is -2.08. The van der Waals surface area contributed by atoms with Crippen LogP contribution in [0.4, 0.5) is 0 Å². The van der Waals surface area contributed by atoms with Crippen LogP contribution in [-0.2, 0) is 9.53 Å². The number of ether oxygens (including phenoxy) is 2. The molecule has 2 atom stereocenters. The van der Waals surface area contributed by atoms with Crippen molar-refractivity contribution in [3.63, 3.8) is 0 Å². The van der Waals surface area contributed by atoms with Crippen LogP contribution in [0.25, 0.3) is 0 Å². The number of aryl methyl sites for hydroxylation is 2. The monoisotopic (exact) mass is 347 g/mol. The van der Waals surface area contributed by atoms with Crippen LogP contribution in [0, 0.1) is 13.8 Å². The minimum atomic E-state index is -1.02. The van der Waals surface area contributed by atoms with E-state index >= 15 is 0 Å². The number of hydrogen-bond acceptors (Lipinski definition) is 4. The average Bonchev–Trinajstić information content (AvgIpc) is 2.59. The normalized spacial score (nSPS) is 23.0. The lowest BCUT2D eigenvalue weighted by molar-refractivity contribution is -0.139. The molecule has 6 nitrogen and oxygen atoms in total. The van der Waals surface area contributed by atoms with Crippen molar-refractivity contribution in [2.75, 3.05) is 19.8 Å². The van der Waals surface area contributed by atoms with Gasteiger partial charge in [0.15, 0.2) is 6.61 Å². The molecule has 6 heteroatoms. The minimum absolute atomic E-state index is 0.0242. The molecule has 1 aromatic carbocycles. The molecule has 1 N–H and O–H groups in total. The van der Waals surface area contributed by atoms with Gasteiger partial charge >= 0.3 is 5.97 Å². The quantitative estimate of drug-likeness (QED) is 0.906. The topological polar surface area (TPSA) is 76.1 Å². The molecule has 0 spiro atoms. The van der Waals surface area contributed by atoms with E-state index < -0.39 is 5.97 Å². The first-order valence-electron chi connectivity index (χ1n) is 8.86. The molecule has 1 heterocycles. The SMILES string of the molecule is Cc1cc(C(=O)N2CCO[C@H]3CCCC[C@@H]32)cc(C)c1OCC(=O)O. The molecule has 0 aromatic heterocycles. The maximum absolute atomic E-state index is 13.1. The van der Waals surface area contributed by atoms with Crippen molar-refractivity contribution in [3.8, 4) is 5.75 Å². The fourth-order valence-electron chi connectivity index (χ4n) is 3.95. The molecule has 0 unspecified atom stereocenters. The van der Waals surface area contributed by atoms with Crippen molar-refractivity contribution in [1.29, 1.82) is 0 Å². The molecule has 0 bridgehead atoms. The molecular formula is C19H25NO5. The molecule has 1 saturated heterocycles. The third-order valence-electron chi connectivity index (χ3n) is 5.04. The first-order chi connectivity index (χ1) is 12.0. The van der Waals surface area contributed by atoms with E-state index in [1.165, 1.54) is 0 Å². The van der Waals surface area contributed by atoms with Gasteiger partial charge in [0.2, 0.25) is 0 Å². The summed E-state index contributed by atoms with van der Waals surface area (Å²) in [6, 6.07) is 3.75. The number of morpholine rings is 1. The number of benzene rings is 1. The van der Waals surface area contributed by atoms with Crippen LogP contribution in [0.5, 0.6) is 5.75 Å². The smallest absolute Gasteiger partial charge is 0.341 e. The van der Waals surface area contributed by atoms with E-state index in [1.807, 2.05) is 18.7 Å². The Kier molecular flexibility index (Phi) is 5.27. The molecule has 136 valence electrons. The molecule has 2 aliphatic rings. The summed E-state index contributed by atoms with van der Waals surface area (Å²) >= 11 is 0. The Balaban J connectivity index is 1.80. The zero-order chi connectivity index (χ0) is 18.0. The van der Waals surface area contributed by atoms with Gasteiger partial charge in [0.1, 0.15) is 5.75 Å². The summed E-state index contributed by atoms with van der Waals surface area (Å²) in [7, 11) is 0. The third kappa shape index (κ3) is 3.79. The lowest BCUT2D eigenvalue weighted by Gasteiger charge is -2.43. The second-order valence-electron chi connectivity index (χ2n) is 6.88. The van der Waals surface area contributed by atoms with Crippen LogP contribution in [0.2, 0.25) is 0 Å². The minimum Gasteiger partial charge on any atom is -0.481 e. The van der Waals surface area contributed by atoms with Crippen LogP contribution < -0.4 is 4.74 Å². The van der Waals surface area contributed by atoms with E-state index in [4.69, 9.17) is 14.6 Å². The molecule has 2 fully saturated rings. The molecule has 1 aliphatic carbocycles. The molecule has 1 aliphatic heterocycles. The Labute approximate surface area is 147 Å². The number of carbonyl (C=O) groups excluding carboxylic acids is 1. The van der Waals surface area contributed by atoms with Crippen LogP contribution in [0.1, 0.15) is 47.2 Å². The maximum Gasteiger partial charge on any atom is 0.341 e. The Morgan fingerprint density at radius 1 is 1.24 bits per heavy atom. The molecule has 0 radical (unpaired) electrons. The standard InChI is InChI=1S/C19H25NO5/c1-12-9-14(10-13(2)18(12)25-11-17(21)22)19(23)20-7-8-24-16-6-4-3-5-15(16)20/h9-10,15-16H,3-8,11H2,1-2H3,(H,21,22)/t15-,16-/m0/s1. The van der Waals surface area contributed by atoms with Gasteiger partial charge in [-0.1, -0.05) is 12.8 Å². The van der Waals surface area contributed by atoms with Gasteiger partial charge in [-0.25, -0.2) is 4.79 Å². The highest BCUT2D eigenvalue weighted by Gasteiger charge is 2.37. The van der Waals surface area contributed by atoms with E-state index in [1.54, 1.807) is 12.1 Å². The fraction of sp³-hybridized carbons (Fsp3) is 0.579. The van der Waals surface area contributed by atoms with Crippen LogP contribution in [0.15, 0.2) is 12.1 Å². The van der Waals surface area contributed by atoms with E-state index in [-0.39, 0.29) is 24.7 Å². The van der Waals surface area contributed by atoms with Gasteiger partial charge in [0.05, 0.1) is 18.8 Å². The number of aliphatic carboxylic acids is 1. The van der Waals surface area contributed by atoms with Gasteiger partial charge in [0.25, 0.3) is 5.91 Å². The fourth-order valence-corrected chi connectivity index (χ4v) is 3.95. The molecule has 1 amide bonds. The maximum atomic E-state index is 13.1. The zero-order valence-electron chi connectivity index (χ0n) is 14.8. The molecular weight excluding hydrogens is 322 g/mol. The predicted octanol–water partition coefficient (Wildman–Crippen LogP) is 2.55. The van der Waals surface area contributed by atoms with E-state index in [2.05, 4.69) is 0 Å². The second-order valence-corrected chi connectivity index (χ2v) is 6.88. The Morgan fingerprint density at radius 3 is 2.60 bits per heavy atom. The number of fused-ring (bicyclic) bond motifs is 1. The van der Waals surface area contributed by atoms with Crippen molar-refractivity contribution < 1.29 is 24.2 Å². The van der Waals surface area contributed by atoms with Crippen LogP contribution in [-0.4, -0.2) is 53.8 Å². The van der Waals surface area contributed by atoms with E-state index in [0.717, 1.165) is 36.8 Å². The van der Waals surface area contributed by atoms with Crippen LogP contribution in [0.3, 0.4) is 0 Å². The number of nitrogens with zero attached hydrogens (tertiary/aromatic N) is 1. The molecule has 3 rings (SSSR count). The van der Waals surface area contributed by atoms with Crippen molar-refractivity contribution in [1.82, 2.24) is 4.90 Å². The van der Waals surface area contributed by atoms with Gasteiger partial charge in [-0.3, -0.25) is 4.79 Å². The van der Waals surface area contributed by atoms with Gasteiger partial charge < -0.3 is 19.5 Å². The summed E-state index contributed by atoms with van der Waals surface area (Å²) in [5.74, 6) is -0.455. The Morgan fingerprint density at radius 2 is 1.92 bits per heavy atom. The molecule has 25 heavy (non-hydrogen) atoms. The third-order valence-corrected chi connectivity index (χ3v) is 5.04. The number of carbonyl (C=O) groups is 2. The van der Waals surface area contributed by atoms with Gasteiger partial charge in [-0.2, -0.15) is 0 Å². The highest BCUT2D eigenvalue weighted by molar-refractivity contribution is 5.95. The lowest BCUT2D eigenvalue weighted by Crippen LogP contribution is -2.54. The first kappa shape index (κ1) is 17.7. The largest absolute Gasteiger partial charge is 0.481 e. The van der Waals surface area contributed by atoms with Gasteiger partial charge in [0, 0.05) is 12.1 Å². The first-order valence-corrected chi connectivity index (χ1v) is 8.86. The number of carboxylic acids is 1. The van der Waals surface area contributed by atoms with Crippen molar-refractivity contribution in [3.05, 3.63) is 28.8 Å². The highest BCUT2D eigenvalue weighted by Crippen LogP contribution is 2.31. The predicted molar refractivity (Wildman–Crippen MR) is 92.1 cm³/mol. The lowest BCUT2D eigenvalue weighted by atomic mass is 9.89. The number of hydrogen-bond donors (Lipinski definition) is 1. The summed E-state index contributed by atoms with van der Waals surface area (Å²) in [5.41, 5.74) is 2.18. The number of carboxylic acid groups (broad SMARTS) is 1. The summed E-state index contributed by atoms with van der Waals surface area (Å²) in [5, 5.41) is 8.78. The summed E-state index contributed by atoms with van der Waals surface area (Å²) in [6.07, 6.45) is 4.47. The van der Waals surface area contributed by atoms with Crippen molar-refractivity contribution in [2.24, 2.45) is 0 Å².